The van der Waals surface area contributed by atoms with Crippen molar-refractivity contribution < 1.29 is 34.8 Å². The summed E-state index contributed by atoms with van der Waals surface area (Å²) in [4.78, 5) is 30.6. The summed E-state index contributed by atoms with van der Waals surface area (Å²) in [6.07, 6.45) is 2.04. The smallest absolute Gasteiger partial charge is 0.335 e. The second kappa shape index (κ2) is 17.9. The van der Waals surface area contributed by atoms with Gasteiger partial charge in [-0.05, 0) is 42.8 Å². The molecule has 0 heterocycles. The van der Waals surface area contributed by atoms with Gasteiger partial charge in [-0.2, -0.15) is 0 Å². The van der Waals surface area contributed by atoms with E-state index < -0.39 is 17.9 Å². The summed E-state index contributed by atoms with van der Waals surface area (Å²) >= 11 is 0. The molecule has 3 rings (SSSR count). The zero-order valence-electron chi connectivity index (χ0n) is 17.8. The number of carboxylic acids is 3. The Bertz CT molecular complexity index is 776. The van der Waals surface area contributed by atoms with Crippen LogP contribution in [-0.4, -0.2) is 44.9 Å². The van der Waals surface area contributed by atoms with E-state index in [-0.39, 0.29) is 0 Å². The van der Waals surface area contributed by atoms with Crippen molar-refractivity contribution in [3.8, 4) is 0 Å². The van der Waals surface area contributed by atoms with Crippen molar-refractivity contribution in [3.05, 3.63) is 108 Å². The van der Waals surface area contributed by atoms with E-state index in [4.69, 9.17) is 20.4 Å². The number of carboxylic acid groups (broad SMARTS) is 3. The highest BCUT2D eigenvalue weighted by Gasteiger charge is 1.98. The molecule has 0 spiro atoms. The molecule has 0 aliphatic rings. The van der Waals surface area contributed by atoms with Gasteiger partial charge in [0.15, 0.2) is 0 Å². The van der Waals surface area contributed by atoms with Crippen molar-refractivity contribution in [3.63, 3.8) is 0 Å². The number of aliphatic hydroxyl groups is 1. The average Bonchev–Trinajstić information content (AvgIpc) is 2.82. The van der Waals surface area contributed by atoms with Crippen LogP contribution in [0.1, 0.15) is 50.8 Å². The van der Waals surface area contributed by atoms with E-state index in [1.54, 1.807) is 91.0 Å². The van der Waals surface area contributed by atoms with Crippen LogP contribution in [0.5, 0.6) is 0 Å². The van der Waals surface area contributed by atoms with Gasteiger partial charge in [0, 0.05) is 6.61 Å². The minimum absolute atomic E-state index is 0.331. The largest absolute Gasteiger partial charge is 0.478 e. The van der Waals surface area contributed by atoms with Crippen LogP contribution in [0.4, 0.5) is 0 Å². The minimum Gasteiger partial charge on any atom is -0.478 e. The van der Waals surface area contributed by atoms with Crippen molar-refractivity contribution in [2.24, 2.45) is 0 Å². The fourth-order valence-corrected chi connectivity index (χ4v) is 1.90. The number of carbonyl (C=O) groups is 3. The first-order chi connectivity index (χ1) is 15.3. The van der Waals surface area contributed by atoms with E-state index >= 15 is 0 Å². The zero-order valence-corrected chi connectivity index (χ0v) is 17.8. The van der Waals surface area contributed by atoms with E-state index in [9.17, 15) is 14.4 Å². The number of hydrogen-bond donors (Lipinski definition) is 4. The predicted octanol–water partition coefficient (Wildman–Crippen LogP) is 4.93. The SMILES string of the molecule is CCCCO.O=C(O)c1ccccc1.O=C(O)c1ccccc1.O=C(O)c1ccccc1. The lowest BCUT2D eigenvalue weighted by atomic mass is 10.2. The molecule has 4 N–H and O–H groups in total. The molecule has 0 aliphatic carbocycles. The Morgan fingerprint density at radius 3 is 0.906 bits per heavy atom. The van der Waals surface area contributed by atoms with E-state index in [1.807, 2.05) is 0 Å². The van der Waals surface area contributed by atoms with Gasteiger partial charge in [0.1, 0.15) is 0 Å². The van der Waals surface area contributed by atoms with Gasteiger partial charge in [0.25, 0.3) is 0 Å². The molecule has 0 aliphatic heterocycles. The molecule has 0 atom stereocenters. The van der Waals surface area contributed by atoms with Gasteiger partial charge < -0.3 is 20.4 Å². The van der Waals surface area contributed by atoms with Gasteiger partial charge in [-0.15, -0.1) is 0 Å². The zero-order chi connectivity index (χ0) is 24.2. The first-order valence-electron chi connectivity index (χ1n) is 9.79. The van der Waals surface area contributed by atoms with Crippen LogP contribution in [0, 0.1) is 0 Å². The van der Waals surface area contributed by atoms with Crippen molar-refractivity contribution >= 4 is 17.9 Å². The highest BCUT2D eigenvalue weighted by Crippen LogP contribution is 1.97. The van der Waals surface area contributed by atoms with Crippen molar-refractivity contribution in [2.75, 3.05) is 6.61 Å². The number of unbranched alkanes of at least 4 members (excludes halogenated alkanes) is 1. The molecule has 7 heteroatoms. The number of rotatable bonds is 5. The summed E-state index contributed by atoms with van der Waals surface area (Å²) < 4.78 is 0. The molecule has 0 saturated heterocycles. The quantitative estimate of drug-likeness (QED) is 0.442. The molecule has 3 aromatic rings. The monoisotopic (exact) mass is 440 g/mol. The molecule has 0 bridgehead atoms. The average molecular weight is 440 g/mol. The summed E-state index contributed by atoms with van der Waals surface area (Å²) in [6.45, 7) is 2.40. The lowest BCUT2D eigenvalue weighted by molar-refractivity contribution is 0.0686. The molecular weight excluding hydrogens is 412 g/mol. The van der Waals surface area contributed by atoms with Crippen molar-refractivity contribution in [2.45, 2.75) is 19.8 Å². The van der Waals surface area contributed by atoms with Crippen LogP contribution < -0.4 is 0 Å². The lowest BCUT2D eigenvalue weighted by Gasteiger charge is -1.88. The van der Waals surface area contributed by atoms with E-state index in [2.05, 4.69) is 6.92 Å². The van der Waals surface area contributed by atoms with Crippen LogP contribution >= 0.6 is 0 Å². The summed E-state index contributed by atoms with van der Waals surface area (Å²) in [6, 6.07) is 24.9. The molecule has 0 amide bonds. The topological polar surface area (TPSA) is 132 Å². The molecule has 0 radical (unpaired) electrons. The summed E-state index contributed by atoms with van der Waals surface area (Å²) in [5.41, 5.74) is 0.993. The van der Waals surface area contributed by atoms with Crippen LogP contribution in [0.15, 0.2) is 91.0 Å². The first-order valence-corrected chi connectivity index (χ1v) is 9.79. The Morgan fingerprint density at radius 1 is 0.562 bits per heavy atom. The molecule has 7 nitrogen and oxygen atoms in total. The molecule has 170 valence electrons. The molecule has 0 saturated carbocycles. The van der Waals surface area contributed by atoms with E-state index in [0.717, 1.165) is 12.8 Å². The minimum atomic E-state index is -0.879. The third-order valence-electron chi connectivity index (χ3n) is 3.57. The van der Waals surface area contributed by atoms with Crippen LogP contribution in [0.25, 0.3) is 0 Å². The van der Waals surface area contributed by atoms with E-state index in [0.29, 0.717) is 23.3 Å². The van der Waals surface area contributed by atoms with Gasteiger partial charge in [-0.3, -0.25) is 0 Å². The fraction of sp³-hybridized carbons (Fsp3) is 0.160. The Kier molecular flexibility index (Phi) is 15.6. The Hall–Kier alpha value is -3.97. The second-order valence-corrected chi connectivity index (χ2v) is 6.09. The van der Waals surface area contributed by atoms with Crippen molar-refractivity contribution in [1.82, 2.24) is 0 Å². The molecule has 3 aromatic carbocycles. The Labute approximate surface area is 187 Å². The molecular formula is C25H28O7. The molecule has 0 unspecified atom stereocenters. The summed E-state index contributed by atoms with van der Waals surface area (Å²) in [5.74, 6) is -2.64. The Morgan fingerprint density at radius 2 is 0.812 bits per heavy atom. The summed E-state index contributed by atoms with van der Waals surface area (Å²) in [5, 5.41) is 33.2. The standard InChI is InChI=1S/3C7H6O2.C4H10O/c3*8-7(9)6-4-2-1-3-5-6;1-2-3-4-5/h3*1-5H,(H,8,9);5H,2-4H2,1H3. The fourth-order valence-electron chi connectivity index (χ4n) is 1.90. The number of hydrogen-bond acceptors (Lipinski definition) is 4. The third kappa shape index (κ3) is 14.1. The van der Waals surface area contributed by atoms with Crippen LogP contribution in [0.3, 0.4) is 0 Å². The molecule has 0 aromatic heterocycles. The Balaban J connectivity index is 0.000000410. The van der Waals surface area contributed by atoms with Gasteiger partial charge in [0.2, 0.25) is 0 Å². The van der Waals surface area contributed by atoms with Crippen LogP contribution in [-0.2, 0) is 0 Å². The van der Waals surface area contributed by atoms with Gasteiger partial charge >= 0.3 is 17.9 Å². The van der Waals surface area contributed by atoms with Gasteiger partial charge in [0.05, 0.1) is 16.7 Å². The predicted molar refractivity (Wildman–Crippen MR) is 122 cm³/mol. The maximum Gasteiger partial charge on any atom is 0.335 e. The lowest BCUT2D eigenvalue weighted by Crippen LogP contribution is -1.93. The maximum atomic E-state index is 10.2. The highest BCUT2D eigenvalue weighted by molar-refractivity contribution is 5.88. The third-order valence-corrected chi connectivity index (χ3v) is 3.57. The first kappa shape index (κ1) is 28.0. The number of benzene rings is 3. The second-order valence-electron chi connectivity index (χ2n) is 6.09. The summed E-state index contributed by atoms with van der Waals surface area (Å²) in [7, 11) is 0. The van der Waals surface area contributed by atoms with Gasteiger partial charge in [-0.1, -0.05) is 67.9 Å². The van der Waals surface area contributed by atoms with Gasteiger partial charge in [-0.25, -0.2) is 14.4 Å². The van der Waals surface area contributed by atoms with E-state index in [1.165, 1.54) is 0 Å². The highest BCUT2D eigenvalue weighted by atomic mass is 16.4. The number of aliphatic hydroxyl groups excluding tert-OH is 1. The van der Waals surface area contributed by atoms with Crippen LogP contribution in [0.2, 0.25) is 0 Å². The molecule has 0 fully saturated rings. The molecule has 32 heavy (non-hydrogen) atoms. The maximum absolute atomic E-state index is 10.2. The normalized spacial score (nSPS) is 8.81. The number of aromatic carboxylic acids is 3. The van der Waals surface area contributed by atoms with Crippen molar-refractivity contribution in [1.29, 1.82) is 0 Å².